The maximum absolute atomic E-state index is 11.7. The van der Waals surface area contributed by atoms with Gasteiger partial charge in [-0.1, -0.05) is 0 Å². The van der Waals surface area contributed by atoms with Gasteiger partial charge in [0.05, 0.1) is 13.2 Å². The van der Waals surface area contributed by atoms with Gasteiger partial charge >= 0.3 is 12.0 Å². The number of hydrogen-bond acceptors (Lipinski definition) is 4. The summed E-state index contributed by atoms with van der Waals surface area (Å²) in [7, 11) is 1.36. The second kappa shape index (κ2) is 7.86. The van der Waals surface area contributed by atoms with Crippen molar-refractivity contribution in [2.45, 2.75) is 25.9 Å². The van der Waals surface area contributed by atoms with Crippen LogP contribution in [0.3, 0.4) is 0 Å². The van der Waals surface area contributed by atoms with Crippen molar-refractivity contribution in [2.24, 2.45) is 0 Å². The van der Waals surface area contributed by atoms with Crippen LogP contribution in [-0.4, -0.2) is 66.1 Å². The minimum Gasteiger partial charge on any atom is -0.480 e. The van der Waals surface area contributed by atoms with Crippen molar-refractivity contribution in [1.29, 1.82) is 0 Å². The predicted molar refractivity (Wildman–Crippen MR) is 60.8 cm³/mol. The minimum absolute atomic E-state index is 0.105. The average Bonchev–Trinajstić information content (AvgIpc) is 2.24. The predicted octanol–water partition coefficient (Wildman–Crippen LogP) is -0.502. The van der Waals surface area contributed by atoms with Crippen molar-refractivity contribution in [2.75, 3.05) is 26.9 Å². The number of carbonyl (C=O) groups is 2. The molecule has 3 N–H and O–H groups in total. The number of hydrogen-bond donors (Lipinski definition) is 3. The van der Waals surface area contributed by atoms with Crippen LogP contribution in [0.1, 0.15) is 13.8 Å². The monoisotopic (exact) mass is 248 g/mol. The lowest BCUT2D eigenvalue weighted by Crippen LogP contribution is -2.52. The Balaban J connectivity index is 4.50. The molecule has 0 fully saturated rings. The van der Waals surface area contributed by atoms with Gasteiger partial charge in [-0.15, -0.1) is 0 Å². The van der Waals surface area contributed by atoms with E-state index in [0.29, 0.717) is 0 Å². The van der Waals surface area contributed by atoms with Crippen LogP contribution in [0.2, 0.25) is 0 Å². The first-order chi connectivity index (χ1) is 7.93. The van der Waals surface area contributed by atoms with Gasteiger partial charge in [0.2, 0.25) is 0 Å². The third-order valence-corrected chi connectivity index (χ3v) is 2.15. The van der Waals surface area contributed by atoms with Gasteiger partial charge in [0.15, 0.2) is 6.04 Å². The number of aliphatic hydroxyl groups is 1. The Morgan fingerprint density at radius 3 is 2.35 bits per heavy atom. The van der Waals surface area contributed by atoms with E-state index in [1.54, 1.807) is 13.8 Å². The number of aliphatic carboxylic acids is 1. The lowest BCUT2D eigenvalue weighted by Gasteiger charge is -2.27. The van der Waals surface area contributed by atoms with Crippen molar-refractivity contribution < 1.29 is 24.5 Å². The van der Waals surface area contributed by atoms with Crippen molar-refractivity contribution in [3.63, 3.8) is 0 Å². The normalized spacial score (nSPS) is 12.3. The quantitative estimate of drug-likeness (QED) is 0.564. The maximum atomic E-state index is 11.7. The van der Waals surface area contributed by atoms with Crippen LogP contribution in [0.5, 0.6) is 0 Å². The number of aliphatic hydroxyl groups excluding tert-OH is 1. The molecule has 0 saturated carbocycles. The molecule has 0 aliphatic heterocycles. The van der Waals surface area contributed by atoms with E-state index in [2.05, 4.69) is 5.32 Å². The minimum atomic E-state index is -1.16. The third kappa shape index (κ3) is 5.50. The van der Waals surface area contributed by atoms with E-state index in [4.69, 9.17) is 14.9 Å². The molecule has 1 atom stereocenters. The highest BCUT2D eigenvalue weighted by atomic mass is 16.5. The van der Waals surface area contributed by atoms with E-state index in [1.807, 2.05) is 0 Å². The Kier molecular flexibility index (Phi) is 7.24. The number of carboxylic acid groups (broad SMARTS) is 1. The molecule has 100 valence electrons. The van der Waals surface area contributed by atoms with Crippen molar-refractivity contribution in [3.8, 4) is 0 Å². The molecule has 1 unspecified atom stereocenters. The zero-order valence-electron chi connectivity index (χ0n) is 10.3. The van der Waals surface area contributed by atoms with Crippen LogP contribution < -0.4 is 5.32 Å². The number of nitrogens with one attached hydrogen (secondary N) is 1. The fraction of sp³-hybridized carbons (Fsp3) is 0.800. The first-order valence-electron chi connectivity index (χ1n) is 5.33. The van der Waals surface area contributed by atoms with E-state index in [9.17, 15) is 9.59 Å². The molecular weight excluding hydrogens is 228 g/mol. The van der Waals surface area contributed by atoms with Crippen molar-refractivity contribution in [3.05, 3.63) is 0 Å². The second-order valence-corrected chi connectivity index (χ2v) is 3.81. The van der Waals surface area contributed by atoms with Crippen LogP contribution in [-0.2, 0) is 9.53 Å². The summed E-state index contributed by atoms with van der Waals surface area (Å²) < 4.78 is 4.70. The molecule has 0 aromatic carbocycles. The first kappa shape index (κ1) is 15.7. The molecule has 0 aliphatic rings. The number of carbonyl (C=O) groups excluding carboxylic acids is 1. The number of urea groups is 1. The Morgan fingerprint density at radius 1 is 1.41 bits per heavy atom. The van der Waals surface area contributed by atoms with Gasteiger partial charge in [0, 0.05) is 19.7 Å². The van der Waals surface area contributed by atoms with Gasteiger partial charge in [-0.25, -0.2) is 9.59 Å². The van der Waals surface area contributed by atoms with E-state index in [0.717, 1.165) is 0 Å². The molecule has 7 heteroatoms. The summed E-state index contributed by atoms with van der Waals surface area (Å²) in [5, 5.41) is 20.0. The Labute approximate surface area is 100 Å². The maximum Gasteiger partial charge on any atom is 0.328 e. The Hall–Kier alpha value is -1.34. The second-order valence-electron chi connectivity index (χ2n) is 3.81. The molecule has 0 spiro atoms. The van der Waals surface area contributed by atoms with Crippen molar-refractivity contribution in [1.82, 2.24) is 10.2 Å². The van der Waals surface area contributed by atoms with Gasteiger partial charge in [0.1, 0.15) is 0 Å². The van der Waals surface area contributed by atoms with Crippen LogP contribution in [0, 0.1) is 0 Å². The molecule has 0 aromatic heterocycles. The van der Waals surface area contributed by atoms with Gasteiger partial charge < -0.3 is 25.2 Å². The topological polar surface area (TPSA) is 99.1 Å². The summed E-state index contributed by atoms with van der Waals surface area (Å²) in [4.78, 5) is 23.9. The number of rotatable bonds is 7. The van der Waals surface area contributed by atoms with Crippen LogP contribution in [0.4, 0.5) is 4.79 Å². The smallest absolute Gasteiger partial charge is 0.328 e. The fourth-order valence-corrected chi connectivity index (χ4v) is 1.28. The van der Waals surface area contributed by atoms with Gasteiger partial charge in [-0.2, -0.15) is 0 Å². The highest BCUT2D eigenvalue weighted by Gasteiger charge is 2.24. The highest BCUT2D eigenvalue weighted by molar-refractivity contribution is 5.82. The standard InChI is InChI=1S/C10H20N2O5/c1-7(2)12(4-5-13)10(16)11-8(6-17-3)9(14)15/h7-8,13H,4-6H2,1-3H3,(H,11,16)(H,14,15). The Bertz CT molecular complexity index is 257. The lowest BCUT2D eigenvalue weighted by atomic mass is 10.3. The summed E-state index contributed by atoms with van der Waals surface area (Å²) in [6, 6.07) is -1.75. The van der Waals surface area contributed by atoms with Crippen LogP contribution in [0.25, 0.3) is 0 Å². The van der Waals surface area contributed by atoms with Crippen LogP contribution >= 0.6 is 0 Å². The highest BCUT2D eigenvalue weighted by Crippen LogP contribution is 1.99. The summed E-state index contributed by atoms with van der Waals surface area (Å²) in [6.45, 7) is 3.44. The molecule has 0 heterocycles. The van der Waals surface area contributed by atoms with E-state index >= 15 is 0 Å². The average molecular weight is 248 g/mol. The summed E-state index contributed by atoms with van der Waals surface area (Å²) in [6.07, 6.45) is 0. The van der Waals surface area contributed by atoms with Crippen LogP contribution in [0.15, 0.2) is 0 Å². The van der Waals surface area contributed by atoms with E-state index in [-0.39, 0.29) is 25.8 Å². The third-order valence-electron chi connectivity index (χ3n) is 2.15. The summed E-state index contributed by atoms with van der Waals surface area (Å²) >= 11 is 0. The molecule has 0 radical (unpaired) electrons. The zero-order valence-corrected chi connectivity index (χ0v) is 10.3. The van der Waals surface area contributed by atoms with Gasteiger partial charge in [-0.05, 0) is 13.8 Å². The molecule has 7 nitrogen and oxygen atoms in total. The molecule has 0 saturated heterocycles. The number of carboxylic acids is 1. The van der Waals surface area contributed by atoms with E-state index < -0.39 is 18.0 Å². The van der Waals surface area contributed by atoms with Gasteiger partial charge in [0.25, 0.3) is 0 Å². The lowest BCUT2D eigenvalue weighted by molar-refractivity contribution is -0.140. The number of amides is 2. The Morgan fingerprint density at radius 2 is 2.00 bits per heavy atom. The summed E-state index contributed by atoms with van der Waals surface area (Å²) in [5.41, 5.74) is 0. The molecule has 0 rings (SSSR count). The van der Waals surface area contributed by atoms with E-state index in [1.165, 1.54) is 12.0 Å². The van der Waals surface area contributed by atoms with Crippen molar-refractivity contribution >= 4 is 12.0 Å². The fourth-order valence-electron chi connectivity index (χ4n) is 1.28. The van der Waals surface area contributed by atoms with Gasteiger partial charge in [-0.3, -0.25) is 0 Å². The molecular formula is C10H20N2O5. The zero-order chi connectivity index (χ0) is 13.4. The molecule has 2 amide bonds. The molecule has 0 aromatic rings. The molecule has 0 bridgehead atoms. The SMILES string of the molecule is COCC(NC(=O)N(CCO)C(C)C)C(=O)O. The summed E-state index contributed by atoms with van der Waals surface area (Å²) in [5.74, 6) is -1.16. The molecule has 17 heavy (non-hydrogen) atoms. The number of nitrogens with zero attached hydrogens (tertiary/aromatic N) is 1. The molecule has 0 aliphatic carbocycles. The largest absolute Gasteiger partial charge is 0.480 e. The number of methoxy groups -OCH3 is 1. The number of ether oxygens (including phenoxy) is 1. The first-order valence-corrected chi connectivity index (χ1v) is 5.33.